The maximum atomic E-state index is 10.3. The van der Waals surface area contributed by atoms with Crippen LogP contribution in [-0.4, -0.2) is 110 Å². The van der Waals surface area contributed by atoms with Gasteiger partial charge in [0, 0.05) is 109 Å². The monoisotopic (exact) mass is 794 g/mol. The normalized spacial score (nSPS) is 12.0. The third kappa shape index (κ3) is 14.2. The Morgan fingerprint density at radius 2 is 0.793 bits per heavy atom. The van der Waals surface area contributed by atoms with Crippen molar-refractivity contribution in [2.24, 2.45) is 20.0 Å². The van der Waals surface area contributed by atoms with Crippen molar-refractivity contribution >= 4 is 36.2 Å². The molecule has 0 aliphatic heterocycles. The molecule has 0 unspecified atom stereocenters. The Hall–Kier alpha value is -6.04. The molecule has 0 atom stereocenters. The lowest BCUT2D eigenvalue weighted by Gasteiger charge is -2.21. The van der Waals surface area contributed by atoms with Crippen molar-refractivity contribution in [2.75, 3.05) is 63.3 Å². The molecule has 0 amide bonds. The van der Waals surface area contributed by atoms with Gasteiger partial charge < -0.3 is 39.7 Å². The van der Waals surface area contributed by atoms with Crippen LogP contribution >= 0.6 is 0 Å². The fraction of sp³-hybridized carbons (Fsp3) is 0.391. The van der Waals surface area contributed by atoms with Crippen LogP contribution in [0.25, 0.3) is 0 Å². The zero-order chi connectivity index (χ0) is 42.9. The number of methoxy groups -OCH3 is 2. The van der Waals surface area contributed by atoms with Crippen LogP contribution in [0.15, 0.2) is 92.8 Å². The summed E-state index contributed by atoms with van der Waals surface area (Å²) in [6.45, 7) is 20.6. The third-order valence-corrected chi connectivity index (χ3v) is 9.28. The predicted octanol–water partition coefficient (Wildman–Crippen LogP) is 8.54. The molecule has 4 rings (SSSR count). The van der Waals surface area contributed by atoms with Crippen molar-refractivity contribution in [2.45, 2.75) is 66.5 Å². The van der Waals surface area contributed by atoms with Crippen molar-refractivity contribution < 1.29 is 29.9 Å². The molecular weight excluding hydrogens is 733 g/mol. The van der Waals surface area contributed by atoms with Crippen molar-refractivity contribution in [3.63, 3.8) is 0 Å². The number of phenolic OH excluding ortho intramolecular Hbond substituents is 4. The Kier molecular flexibility index (Phi) is 17.6. The molecule has 0 saturated heterocycles. The molecule has 4 N–H and O–H groups in total. The van der Waals surface area contributed by atoms with E-state index in [1.807, 2.05) is 52.0 Å². The van der Waals surface area contributed by atoms with E-state index in [-0.39, 0.29) is 23.0 Å². The van der Waals surface area contributed by atoms with E-state index < -0.39 is 11.1 Å². The lowest BCUT2D eigenvalue weighted by Crippen LogP contribution is -2.22. The van der Waals surface area contributed by atoms with Gasteiger partial charge in [-0.3, -0.25) is 20.0 Å². The number of rotatable bonds is 18. The SMILES string of the molecule is CCN(CC)c1ccc(C=NC(C)(C)CN=Cc2ccc(OC)cc2O)c(O)c1.CCN(CC)c1ccc(C=NCC(C)(C)N=Cc2ccc(OC)cc2O)c(O)c1. The van der Waals surface area contributed by atoms with E-state index in [1.54, 1.807) is 87.6 Å². The molecular formula is C46H62N6O6. The van der Waals surface area contributed by atoms with Gasteiger partial charge in [0.25, 0.3) is 0 Å². The minimum Gasteiger partial charge on any atom is -0.507 e. The van der Waals surface area contributed by atoms with Gasteiger partial charge in [-0.2, -0.15) is 0 Å². The molecule has 12 heteroatoms. The number of hydrogen-bond acceptors (Lipinski definition) is 12. The van der Waals surface area contributed by atoms with Gasteiger partial charge in [-0.1, -0.05) is 0 Å². The van der Waals surface area contributed by atoms with E-state index in [9.17, 15) is 20.4 Å². The summed E-state index contributed by atoms with van der Waals surface area (Å²) in [5.41, 5.74) is 3.66. The van der Waals surface area contributed by atoms with E-state index in [0.717, 1.165) is 37.6 Å². The van der Waals surface area contributed by atoms with E-state index >= 15 is 0 Å². The zero-order valence-corrected chi connectivity index (χ0v) is 35.8. The lowest BCUT2D eigenvalue weighted by molar-refractivity contribution is 0.407. The van der Waals surface area contributed by atoms with Gasteiger partial charge in [-0.15, -0.1) is 0 Å². The molecule has 0 aromatic heterocycles. The molecule has 0 aliphatic carbocycles. The van der Waals surface area contributed by atoms with Crippen LogP contribution in [0.4, 0.5) is 11.4 Å². The second-order valence-electron chi connectivity index (χ2n) is 14.8. The molecule has 0 bridgehead atoms. The van der Waals surface area contributed by atoms with Crippen LogP contribution in [0.3, 0.4) is 0 Å². The fourth-order valence-electron chi connectivity index (χ4n) is 5.68. The van der Waals surface area contributed by atoms with Crippen LogP contribution in [0.1, 0.15) is 77.6 Å². The molecule has 4 aromatic carbocycles. The maximum absolute atomic E-state index is 10.3. The van der Waals surface area contributed by atoms with Crippen molar-refractivity contribution in [3.8, 4) is 34.5 Å². The summed E-state index contributed by atoms with van der Waals surface area (Å²) in [7, 11) is 3.11. The Morgan fingerprint density at radius 1 is 0.483 bits per heavy atom. The van der Waals surface area contributed by atoms with Crippen LogP contribution < -0.4 is 19.3 Å². The first-order chi connectivity index (χ1) is 27.6. The highest BCUT2D eigenvalue weighted by molar-refractivity contribution is 5.86. The molecule has 12 nitrogen and oxygen atoms in total. The van der Waals surface area contributed by atoms with Crippen molar-refractivity contribution in [3.05, 3.63) is 95.1 Å². The number of aliphatic imine (C=N–C) groups is 4. The number of phenols is 4. The van der Waals surface area contributed by atoms with E-state index in [2.05, 4.69) is 57.5 Å². The van der Waals surface area contributed by atoms with Crippen LogP contribution in [0, 0.1) is 0 Å². The molecule has 0 spiro atoms. The second-order valence-corrected chi connectivity index (χ2v) is 14.8. The molecule has 0 saturated carbocycles. The Labute approximate surface area is 344 Å². The second kappa shape index (κ2) is 22.0. The van der Waals surface area contributed by atoms with Gasteiger partial charge in [0.05, 0.1) is 38.4 Å². The fourth-order valence-corrected chi connectivity index (χ4v) is 5.68. The van der Waals surface area contributed by atoms with Gasteiger partial charge in [-0.25, -0.2) is 0 Å². The molecule has 58 heavy (non-hydrogen) atoms. The number of benzene rings is 4. The third-order valence-electron chi connectivity index (χ3n) is 9.28. The Bertz CT molecular complexity index is 2030. The highest BCUT2D eigenvalue weighted by Gasteiger charge is 2.16. The highest BCUT2D eigenvalue weighted by Crippen LogP contribution is 2.27. The first-order valence-corrected chi connectivity index (χ1v) is 19.6. The average molecular weight is 795 g/mol. The molecule has 312 valence electrons. The summed E-state index contributed by atoms with van der Waals surface area (Å²) in [4.78, 5) is 22.4. The largest absolute Gasteiger partial charge is 0.507 e. The Morgan fingerprint density at radius 3 is 1.09 bits per heavy atom. The maximum Gasteiger partial charge on any atom is 0.128 e. The number of hydrogen-bond donors (Lipinski definition) is 4. The minimum absolute atomic E-state index is 0.116. The minimum atomic E-state index is -0.459. The van der Waals surface area contributed by atoms with Crippen LogP contribution in [0.5, 0.6) is 34.5 Å². The van der Waals surface area contributed by atoms with Crippen LogP contribution in [-0.2, 0) is 0 Å². The number of anilines is 2. The van der Waals surface area contributed by atoms with E-state index in [0.29, 0.717) is 46.8 Å². The van der Waals surface area contributed by atoms with Crippen LogP contribution in [0.2, 0.25) is 0 Å². The number of nitrogens with zero attached hydrogens (tertiary/aromatic N) is 6. The number of ether oxygens (including phenoxy) is 2. The molecule has 4 aromatic rings. The van der Waals surface area contributed by atoms with Gasteiger partial charge in [0.1, 0.15) is 34.5 Å². The van der Waals surface area contributed by atoms with Gasteiger partial charge in [-0.05, 0) is 104 Å². The van der Waals surface area contributed by atoms with E-state index in [1.165, 1.54) is 0 Å². The summed E-state index contributed by atoms with van der Waals surface area (Å²) >= 11 is 0. The summed E-state index contributed by atoms with van der Waals surface area (Å²) in [5, 5.41) is 40.7. The standard InChI is InChI=1S/2C23H31N3O3/c1-6-26(7-2)19-10-8-18(21(27)12-19)15-25-23(3,4)16-24-14-17-9-11-20(29-5)13-22(17)28;1-6-26(7-2)19-10-8-17(21(27)12-19)14-24-16-23(3,4)25-15-18-9-11-20(29-5)13-22(18)28/h2*8-15,27-28H,6-7,16H2,1-5H3. The topological polar surface area (TPSA) is 155 Å². The van der Waals surface area contributed by atoms with E-state index in [4.69, 9.17) is 9.47 Å². The molecule has 0 radical (unpaired) electrons. The zero-order valence-electron chi connectivity index (χ0n) is 35.8. The summed E-state index contributed by atoms with van der Waals surface area (Å²) in [5.74, 6) is 1.84. The van der Waals surface area contributed by atoms with Crippen molar-refractivity contribution in [1.29, 1.82) is 0 Å². The van der Waals surface area contributed by atoms with Gasteiger partial charge >= 0.3 is 0 Å². The lowest BCUT2D eigenvalue weighted by atomic mass is 10.1. The van der Waals surface area contributed by atoms with Crippen molar-refractivity contribution in [1.82, 2.24) is 0 Å². The average Bonchev–Trinajstić information content (AvgIpc) is 3.19. The first kappa shape index (κ1) is 46.3. The molecule has 0 aliphatic rings. The highest BCUT2D eigenvalue weighted by atomic mass is 16.5. The van der Waals surface area contributed by atoms with Gasteiger partial charge in [0.2, 0.25) is 0 Å². The number of aromatic hydroxyl groups is 4. The predicted molar refractivity (Wildman–Crippen MR) is 241 cm³/mol. The Balaban J connectivity index is 0.000000310. The molecule has 0 heterocycles. The summed E-state index contributed by atoms with van der Waals surface area (Å²) in [6.07, 6.45) is 6.62. The molecule has 0 fully saturated rings. The quantitative estimate of drug-likeness (QED) is 0.0731. The van der Waals surface area contributed by atoms with Gasteiger partial charge in [0.15, 0.2) is 0 Å². The first-order valence-electron chi connectivity index (χ1n) is 19.6. The summed E-state index contributed by atoms with van der Waals surface area (Å²) in [6, 6.07) is 21.4. The smallest absolute Gasteiger partial charge is 0.128 e. The summed E-state index contributed by atoms with van der Waals surface area (Å²) < 4.78 is 10.2.